The first-order chi connectivity index (χ1) is 8.86. The number of thiazole rings is 1. The second-order valence-electron chi connectivity index (χ2n) is 4.49. The van der Waals surface area contributed by atoms with E-state index in [1.54, 1.807) is 23.0 Å². The average Bonchev–Trinajstić information content (AvgIpc) is 3.10. The fourth-order valence-electron chi connectivity index (χ4n) is 2.41. The molecule has 3 N–H and O–H groups in total. The molecule has 1 saturated carbocycles. The van der Waals surface area contributed by atoms with Crippen LogP contribution in [0.25, 0.3) is 10.7 Å². The molecule has 18 heavy (non-hydrogen) atoms. The van der Waals surface area contributed by atoms with Crippen LogP contribution in [0, 0.1) is 0 Å². The Morgan fingerprint density at radius 2 is 2.11 bits per heavy atom. The number of anilines is 1. The Morgan fingerprint density at radius 3 is 2.78 bits per heavy atom. The summed E-state index contributed by atoms with van der Waals surface area (Å²) in [7, 11) is 0. The van der Waals surface area contributed by atoms with E-state index < -0.39 is 0 Å². The third kappa shape index (κ3) is 2.21. The second kappa shape index (κ2) is 4.99. The number of nitrogens with zero attached hydrogens (tertiary/aromatic N) is 3. The van der Waals surface area contributed by atoms with Crippen LogP contribution in [0.2, 0.25) is 0 Å². The van der Waals surface area contributed by atoms with Gasteiger partial charge in [0.15, 0.2) is 5.82 Å². The van der Waals surface area contributed by atoms with Crippen molar-refractivity contribution in [2.45, 2.75) is 31.6 Å². The van der Waals surface area contributed by atoms with Crippen molar-refractivity contribution in [3.8, 4) is 10.7 Å². The van der Waals surface area contributed by atoms with Crippen molar-refractivity contribution in [3.05, 3.63) is 23.5 Å². The van der Waals surface area contributed by atoms with Crippen molar-refractivity contribution in [2.24, 2.45) is 5.84 Å². The molecule has 0 radical (unpaired) electrons. The third-order valence-corrected chi connectivity index (χ3v) is 4.09. The second-order valence-corrected chi connectivity index (χ2v) is 5.38. The van der Waals surface area contributed by atoms with Crippen LogP contribution in [0.1, 0.15) is 37.3 Å². The van der Waals surface area contributed by atoms with Gasteiger partial charge in [0.05, 0.1) is 10.4 Å². The van der Waals surface area contributed by atoms with E-state index in [4.69, 9.17) is 5.84 Å². The molecule has 0 unspecified atom stereocenters. The topological polar surface area (TPSA) is 76.7 Å². The smallest absolute Gasteiger partial charge is 0.173 e. The first kappa shape index (κ1) is 11.6. The van der Waals surface area contributed by atoms with E-state index in [0.29, 0.717) is 11.7 Å². The predicted octanol–water partition coefficient (Wildman–Crippen LogP) is 2.54. The van der Waals surface area contributed by atoms with Gasteiger partial charge < -0.3 is 5.43 Å². The van der Waals surface area contributed by atoms with Gasteiger partial charge in [-0.25, -0.2) is 15.8 Å². The lowest BCUT2D eigenvalue weighted by molar-refractivity contribution is 0.696. The Labute approximate surface area is 109 Å². The number of aromatic nitrogens is 3. The van der Waals surface area contributed by atoms with Gasteiger partial charge in [-0.3, -0.25) is 4.98 Å². The molecule has 1 fully saturated rings. The van der Waals surface area contributed by atoms with Crippen molar-refractivity contribution < 1.29 is 0 Å². The SMILES string of the molecule is NNc1cc(C2CCCC2)nc(-c2cncs2)n1. The number of nitrogens with two attached hydrogens (primary N) is 1. The van der Waals surface area contributed by atoms with E-state index >= 15 is 0 Å². The van der Waals surface area contributed by atoms with Crippen LogP contribution >= 0.6 is 11.3 Å². The summed E-state index contributed by atoms with van der Waals surface area (Å²) in [6, 6.07) is 1.96. The maximum atomic E-state index is 5.49. The Morgan fingerprint density at radius 1 is 1.28 bits per heavy atom. The van der Waals surface area contributed by atoms with Gasteiger partial charge in [-0.2, -0.15) is 0 Å². The van der Waals surface area contributed by atoms with Crippen molar-refractivity contribution in [1.82, 2.24) is 15.0 Å². The fourth-order valence-corrected chi connectivity index (χ4v) is 2.96. The Hall–Kier alpha value is -1.53. The molecule has 0 atom stereocenters. The molecular weight excluding hydrogens is 246 g/mol. The Bertz CT molecular complexity index is 519. The number of nitrogen functional groups attached to an aromatic ring is 1. The fraction of sp³-hybridized carbons (Fsp3) is 0.417. The zero-order chi connectivity index (χ0) is 12.4. The predicted molar refractivity (Wildman–Crippen MR) is 72.2 cm³/mol. The van der Waals surface area contributed by atoms with Crippen LogP contribution in [-0.4, -0.2) is 15.0 Å². The van der Waals surface area contributed by atoms with Gasteiger partial charge in [0, 0.05) is 23.9 Å². The molecule has 2 aromatic rings. The van der Waals surface area contributed by atoms with E-state index in [-0.39, 0.29) is 0 Å². The minimum absolute atomic E-state index is 0.548. The normalized spacial score (nSPS) is 16.1. The van der Waals surface area contributed by atoms with Gasteiger partial charge in [0.1, 0.15) is 5.82 Å². The van der Waals surface area contributed by atoms with Crippen LogP contribution in [0.5, 0.6) is 0 Å². The zero-order valence-corrected chi connectivity index (χ0v) is 10.8. The van der Waals surface area contributed by atoms with Crippen LogP contribution in [0.3, 0.4) is 0 Å². The van der Waals surface area contributed by atoms with E-state index in [1.807, 2.05) is 6.07 Å². The van der Waals surface area contributed by atoms with Crippen LogP contribution in [0.15, 0.2) is 17.8 Å². The molecule has 1 aliphatic carbocycles. The van der Waals surface area contributed by atoms with Crippen molar-refractivity contribution in [2.75, 3.05) is 5.43 Å². The summed E-state index contributed by atoms with van der Waals surface area (Å²) >= 11 is 1.54. The van der Waals surface area contributed by atoms with Crippen molar-refractivity contribution in [3.63, 3.8) is 0 Å². The minimum atomic E-state index is 0.548. The summed E-state index contributed by atoms with van der Waals surface area (Å²) in [5, 5.41) is 0. The first-order valence-electron chi connectivity index (χ1n) is 6.11. The van der Waals surface area contributed by atoms with Crippen LogP contribution < -0.4 is 11.3 Å². The highest BCUT2D eigenvalue weighted by Crippen LogP contribution is 2.34. The maximum Gasteiger partial charge on any atom is 0.173 e. The number of hydrazine groups is 1. The van der Waals surface area contributed by atoms with Gasteiger partial charge in [-0.1, -0.05) is 12.8 Å². The molecule has 1 aliphatic rings. The molecule has 0 aliphatic heterocycles. The number of hydrogen-bond acceptors (Lipinski definition) is 6. The lowest BCUT2D eigenvalue weighted by Gasteiger charge is -2.11. The number of rotatable bonds is 3. The van der Waals surface area contributed by atoms with Crippen LogP contribution in [-0.2, 0) is 0 Å². The molecule has 0 aromatic carbocycles. The number of hydrogen-bond donors (Lipinski definition) is 2. The summed E-state index contributed by atoms with van der Waals surface area (Å²) in [5.74, 6) is 7.43. The molecule has 0 spiro atoms. The van der Waals surface area contributed by atoms with Crippen LogP contribution in [0.4, 0.5) is 5.82 Å². The first-order valence-corrected chi connectivity index (χ1v) is 6.99. The molecule has 6 heteroatoms. The highest BCUT2D eigenvalue weighted by atomic mass is 32.1. The molecule has 0 amide bonds. The summed E-state index contributed by atoms with van der Waals surface area (Å²) in [6.07, 6.45) is 6.79. The molecule has 94 valence electrons. The molecule has 3 rings (SSSR count). The standard InChI is InChI=1S/C12H15N5S/c13-17-11-5-9(8-3-1-2-4-8)15-12(16-11)10-6-14-7-18-10/h5-8H,1-4,13H2,(H,15,16,17). The highest BCUT2D eigenvalue weighted by molar-refractivity contribution is 7.13. The van der Waals surface area contributed by atoms with E-state index in [2.05, 4.69) is 20.4 Å². The summed E-state index contributed by atoms with van der Waals surface area (Å²) < 4.78 is 0. The lowest BCUT2D eigenvalue weighted by Crippen LogP contribution is -2.11. The van der Waals surface area contributed by atoms with E-state index in [1.165, 1.54) is 25.7 Å². The summed E-state index contributed by atoms with van der Waals surface area (Å²) in [5.41, 5.74) is 5.51. The highest BCUT2D eigenvalue weighted by Gasteiger charge is 2.20. The molecule has 0 saturated heterocycles. The molecule has 2 aromatic heterocycles. The lowest BCUT2D eigenvalue weighted by atomic mass is 10.0. The third-order valence-electron chi connectivity index (χ3n) is 3.32. The maximum absolute atomic E-state index is 5.49. The minimum Gasteiger partial charge on any atom is -0.308 e. The molecule has 2 heterocycles. The van der Waals surface area contributed by atoms with Crippen molar-refractivity contribution in [1.29, 1.82) is 0 Å². The van der Waals surface area contributed by atoms with Crippen molar-refractivity contribution >= 4 is 17.2 Å². The zero-order valence-electron chi connectivity index (χ0n) is 9.97. The van der Waals surface area contributed by atoms with Gasteiger partial charge in [-0.05, 0) is 12.8 Å². The van der Waals surface area contributed by atoms with E-state index in [9.17, 15) is 0 Å². The average molecular weight is 261 g/mol. The molecular formula is C12H15N5S. The van der Waals surface area contributed by atoms with E-state index in [0.717, 1.165) is 16.4 Å². The molecule has 0 bridgehead atoms. The Balaban J connectivity index is 2.01. The monoisotopic (exact) mass is 261 g/mol. The van der Waals surface area contributed by atoms with Gasteiger partial charge in [0.25, 0.3) is 0 Å². The number of nitrogens with one attached hydrogen (secondary N) is 1. The molecule has 5 nitrogen and oxygen atoms in total. The van der Waals surface area contributed by atoms with Gasteiger partial charge in [0.2, 0.25) is 0 Å². The quantitative estimate of drug-likeness (QED) is 0.656. The summed E-state index contributed by atoms with van der Waals surface area (Å²) in [6.45, 7) is 0. The van der Waals surface area contributed by atoms with Gasteiger partial charge >= 0.3 is 0 Å². The Kier molecular flexibility index (Phi) is 3.21. The summed E-state index contributed by atoms with van der Waals surface area (Å²) in [4.78, 5) is 14.1. The van der Waals surface area contributed by atoms with Gasteiger partial charge in [-0.15, -0.1) is 11.3 Å². The largest absolute Gasteiger partial charge is 0.308 e.